The van der Waals surface area contributed by atoms with Gasteiger partial charge in [0.05, 0.1) is 11.0 Å². The van der Waals surface area contributed by atoms with Gasteiger partial charge in [0.25, 0.3) is 0 Å². The number of para-hydroxylation sites is 1. The van der Waals surface area contributed by atoms with Crippen LogP contribution in [0.2, 0.25) is 0 Å². The maximum absolute atomic E-state index is 6.42. The van der Waals surface area contributed by atoms with Crippen LogP contribution in [-0.2, 0) is 6.42 Å². The molecule has 0 aliphatic heterocycles. The maximum atomic E-state index is 6.42. The number of aromatic nitrogens is 1. The minimum atomic E-state index is 0.891. The van der Waals surface area contributed by atoms with Crippen molar-refractivity contribution >= 4 is 43.7 Å². The average Bonchev–Trinajstić information content (AvgIpc) is 3.76. The SMILES string of the molecule is CCCc1ccc(-c2ccc3c(c2)c2ccccc2n3-c2ccc3oc4ccc(-c5cccc(-c6cccc(-c7ccccc7)c6)c5)cc4c3c2)cc1. The molecular weight excluding hydrogens is 643 g/mol. The molecule has 0 saturated carbocycles. The van der Waals surface area contributed by atoms with E-state index in [2.05, 4.69) is 193 Å². The van der Waals surface area contributed by atoms with E-state index in [1.165, 1.54) is 71.9 Å². The van der Waals surface area contributed by atoms with Crippen LogP contribution in [0, 0.1) is 0 Å². The van der Waals surface area contributed by atoms with Crippen LogP contribution in [-0.4, -0.2) is 4.57 Å². The van der Waals surface area contributed by atoms with E-state index in [0.29, 0.717) is 0 Å². The third-order valence-corrected chi connectivity index (χ3v) is 10.7. The van der Waals surface area contributed by atoms with Crippen molar-refractivity contribution in [3.8, 4) is 50.2 Å². The second kappa shape index (κ2) is 12.8. The first-order chi connectivity index (χ1) is 26.2. The molecule has 0 radical (unpaired) electrons. The topological polar surface area (TPSA) is 18.1 Å². The molecule has 0 spiro atoms. The number of hydrogen-bond acceptors (Lipinski definition) is 1. The smallest absolute Gasteiger partial charge is 0.135 e. The van der Waals surface area contributed by atoms with Gasteiger partial charge in [0.2, 0.25) is 0 Å². The summed E-state index contributed by atoms with van der Waals surface area (Å²) >= 11 is 0. The third kappa shape index (κ3) is 5.51. The fourth-order valence-electron chi connectivity index (χ4n) is 8.05. The van der Waals surface area contributed by atoms with E-state index < -0.39 is 0 Å². The number of nitrogens with zero attached hydrogens (tertiary/aromatic N) is 1. The van der Waals surface area contributed by atoms with Gasteiger partial charge < -0.3 is 8.98 Å². The Hall–Kier alpha value is -6.64. The van der Waals surface area contributed by atoms with Gasteiger partial charge in [0.15, 0.2) is 0 Å². The zero-order valence-corrected chi connectivity index (χ0v) is 29.6. The highest BCUT2D eigenvalue weighted by molar-refractivity contribution is 6.12. The fourth-order valence-corrected chi connectivity index (χ4v) is 8.05. The van der Waals surface area contributed by atoms with Gasteiger partial charge in [-0.15, -0.1) is 0 Å². The van der Waals surface area contributed by atoms with Gasteiger partial charge in [0, 0.05) is 27.2 Å². The molecule has 2 heterocycles. The molecule has 0 bridgehead atoms. The molecule has 53 heavy (non-hydrogen) atoms. The van der Waals surface area contributed by atoms with Gasteiger partial charge in [-0.3, -0.25) is 0 Å². The summed E-state index contributed by atoms with van der Waals surface area (Å²) in [6.45, 7) is 2.23. The van der Waals surface area contributed by atoms with Crippen LogP contribution in [0.3, 0.4) is 0 Å². The molecule has 10 aromatic rings. The van der Waals surface area contributed by atoms with Crippen LogP contribution in [0.15, 0.2) is 186 Å². The largest absolute Gasteiger partial charge is 0.456 e. The second-order valence-corrected chi connectivity index (χ2v) is 14.1. The van der Waals surface area contributed by atoms with E-state index in [9.17, 15) is 0 Å². The summed E-state index contributed by atoms with van der Waals surface area (Å²) in [5, 5.41) is 4.73. The number of aryl methyl sites for hydroxylation is 1. The van der Waals surface area contributed by atoms with Crippen molar-refractivity contribution in [2.24, 2.45) is 0 Å². The summed E-state index contributed by atoms with van der Waals surface area (Å²) in [6, 6.07) is 66.1. The lowest BCUT2D eigenvalue weighted by Gasteiger charge is -2.09. The van der Waals surface area contributed by atoms with Gasteiger partial charge in [-0.2, -0.15) is 0 Å². The molecule has 0 aliphatic rings. The Balaban J connectivity index is 1.05. The Kier molecular flexibility index (Phi) is 7.54. The van der Waals surface area contributed by atoms with Crippen LogP contribution in [0.1, 0.15) is 18.9 Å². The molecule has 0 atom stereocenters. The molecule has 0 N–H and O–H groups in total. The average molecular weight is 680 g/mol. The van der Waals surface area contributed by atoms with Crippen molar-refractivity contribution < 1.29 is 4.42 Å². The zero-order valence-electron chi connectivity index (χ0n) is 29.6. The van der Waals surface area contributed by atoms with Gasteiger partial charge in [0.1, 0.15) is 11.2 Å². The quantitative estimate of drug-likeness (QED) is 0.164. The van der Waals surface area contributed by atoms with E-state index in [-0.39, 0.29) is 0 Å². The van der Waals surface area contributed by atoms with Crippen molar-refractivity contribution in [1.29, 1.82) is 0 Å². The highest BCUT2D eigenvalue weighted by Gasteiger charge is 2.16. The van der Waals surface area contributed by atoms with E-state index >= 15 is 0 Å². The van der Waals surface area contributed by atoms with Gasteiger partial charge in [-0.05, 0) is 117 Å². The molecule has 0 aliphatic carbocycles. The van der Waals surface area contributed by atoms with Crippen LogP contribution < -0.4 is 0 Å². The highest BCUT2D eigenvalue weighted by atomic mass is 16.3. The molecule has 252 valence electrons. The first-order valence-corrected chi connectivity index (χ1v) is 18.6. The summed E-state index contributed by atoms with van der Waals surface area (Å²) in [5.41, 5.74) is 16.4. The Labute approximate surface area is 309 Å². The molecule has 2 heteroatoms. The second-order valence-electron chi connectivity index (χ2n) is 14.1. The van der Waals surface area contributed by atoms with Crippen molar-refractivity contribution in [3.05, 3.63) is 188 Å². The summed E-state index contributed by atoms with van der Waals surface area (Å²) < 4.78 is 8.81. The van der Waals surface area contributed by atoms with Gasteiger partial charge in [-0.1, -0.05) is 135 Å². The lowest BCUT2D eigenvalue weighted by atomic mass is 9.96. The Morgan fingerprint density at radius 1 is 0.377 bits per heavy atom. The standard InChI is InChI=1S/C51H37NO/c1-2-10-34-19-21-36(22-20-34)41-23-26-49-45(31-41)44-17-6-7-18-48(44)52(49)43-25-28-51-47(33-43)46-32-42(24-27-50(46)53-51)40-16-9-15-39(30-40)38-14-8-13-37(29-38)35-11-4-3-5-12-35/h3-9,11-33H,2,10H2,1H3. The van der Waals surface area contributed by atoms with E-state index in [4.69, 9.17) is 4.42 Å². The third-order valence-electron chi connectivity index (χ3n) is 10.7. The minimum absolute atomic E-state index is 0.891. The van der Waals surface area contributed by atoms with Crippen LogP contribution in [0.4, 0.5) is 0 Å². The summed E-state index contributed by atoms with van der Waals surface area (Å²) in [5.74, 6) is 0. The Bertz CT molecular complexity index is 2940. The number of rotatable bonds is 7. The molecular formula is C51H37NO. The van der Waals surface area contributed by atoms with Gasteiger partial charge >= 0.3 is 0 Å². The van der Waals surface area contributed by atoms with Crippen LogP contribution in [0.25, 0.3) is 93.9 Å². The zero-order chi connectivity index (χ0) is 35.3. The molecule has 0 amide bonds. The minimum Gasteiger partial charge on any atom is -0.456 e. The first kappa shape index (κ1) is 31.1. The Morgan fingerprint density at radius 3 is 1.62 bits per heavy atom. The summed E-state index contributed by atoms with van der Waals surface area (Å²) in [6.07, 6.45) is 2.27. The van der Waals surface area contributed by atoms with Crippen molar-refractivity contribution in [1.82, 2.24) is 4.57 Å². The van der Waals surface area contributed by atoms with Crippen molar-refractivity contribution in [2.75, 3.05) is 0 Å². The molecule has 2 nitrogen and oxygen atoms in total. The first-order valence-electron chi connectivity index (χ1n) is 18.6. The van der Waals surface area contributed by atoms with Crippen LogP contribution >= 0.6 is 0 Å². The summed E-state index contributed by atoms with van der Waals surface area (Å²) in [4.78, 5) is 0. The van der Waals surface area contributed by atoms with E-state index in [1.54, 1.807) is 0 Å². The van der Waals surface area contributed by atoms with E-state index in [0.717, 1.165) is 40.5 Å². The lowest BCUT2D eigenvalue weighted by Crippen LogP contribution is -1.93. The highest BCUT2D eigenvalue weighted by Crippen LogP contribution is 2.39. The maximum Gasteiger partial charge on any atom is 0.135 e. The molecule has 10 rings (SSSR count). The number of benzene rings is 8. The normalized spacial score (nSPS) is 11.6. The molecule has 2 aromatic heterocycles. The monoisotopic (exact) mass is 679 g/mol. The Morgan fingerprint density at radius 2 is 0.887 bits per heavy atom. The number of furan rings is 1. The molecule has 0 saturated heterocycles. The predicted octanol–water partition coefficient (Wildman–Crippen LogP) is 14.3. The summed E-state index contributed by atoms with van der Waals surface area (Å²) in [7, 11) is 0. The van der Waals surface area contributed by atoms with Crippen molar-refractivity contribution in [2.45, 2.75) is 19.8 Å². The fraction of sp³-hybridized carbons (Fsp3) is 0.0588. The molecule has 0 unspecified atom stereocenters. The lowest BCUT2D eigenvalue weighted by molar-refractivity contribution is 0.669. The number of hydrogen-bond donors (Lipinski definition) is 0. The predicted molar refractivity (Wildman–Crippen MR) is 224 cm³/mol. The van der Waals surface area contributed by atoms with E-state index in [1.807, 2.05) is 0 Å². The van der Waals surface area contributed by atoms with Crippen molar-refractivity contribution in [3.63, 3.8) is 0 Å². The molecule has 0 fully saturated rings. The molecule has 8 aromatic carbocycles. The van der Waals surface area contributed by atoms with Gasteiger partial charge in [-0.25, -0.2) is 0 Å². The van der Waals surface area contributed by atoms with Crippen LogP contribution in [0.5, 0.6) is 0 Å². The number of fused-ring (bicyclic) bond motifs is 6.